The van der Waals surface area contributed by atoms with Crippen LogP contribution in [0.3, 0.4) is 0 Å². The molecule has 3 heteroatoms. The van der Waals surface area contributed by atoms with Crippen molar-refractivity contribution in [3.63, 3.8) is 0 Å². The predicted molar refractivity (Wildman–Crippen MR) is 207 cm³/mol. The van der Waals surface area contributed by atoms with Crippen LogP contribution in [0.1, 0.15) is 0 Å². The van der Waals surface area contributed by atoms with Gasteiger partial charge in [-0.05, 0) is 85.8 Å². The highest BCUT2D eigenvalue weighted by Gasteiger charge is 2.16. The molecule has 2 heterocycles. The smallest absolute Gasteiger partial charge is 0.160 e. The lowest BCUT2D eigenvalue weighted by Crippen LogP contribution is -1.97. The van der Waals surface area contributed by atoms with Crippen molar-refractivity contribution in [3.8, 4) is 67.3 Å². The van der Waals surface area contributed by atoms with Gasteiger partial charge in [-0.1, -0.05) is 140 Å². The lowest BCUT2D eigenvalue weighted by atomic mass is 9.89. The fourth-order valence-corrected chi connectivity index (χ4v) is 6.87. The van der Waals surface area contributed by atoms with Crippen molar-refractivity contribution >= 4 is 21.5 Å². The summed E-state index contributed by atoms with van der Waals surface area (Å²) in [6.07, 6.45) is 3.75. The van der Waals surface area contributed by atoms with E-state index in [9.17, 15) is 0 Å². The summed E-state index contributed by atoms with van der Waals surface area (Å²) in [4.78, 5) is 14.8. The molecule has 0 aliphatic rings. The van der Waals surface area contributed by atoms with E-state index in [2.05, 4.69) is 151 Å². The zero-order chi connectivity index (χ0) is 33.3. The molecule has 7 aromatic carbocycles. The zero-order valence-electron chi connectivity index (χ0n) is 27.2. The van der Waals surface area contributed by atoms with E-state index in [0.717, 1.165) is 44.8 Å². The highest BCUT2D eigenvalue weighted by atomic mass is 14.9. The first-order valence-electron chi connectivity index (χ1n) is 16.8. The summed E-state index contributed by atoms with van der Waals surface area (Å²) in [6, 6.07) is 62.0. The second-order valence-corrected chi connectivity index (χ2v) is 12.5. The van der Waals surface area contributed by atoms with Crippen LogP contribution in [0.25, 0.3) is 88.8 Å². The molecule has 0 saturated heterocycles. The number of aromatic nitrogens is 3. The summed E-state index contributed by atoms with van der Waals surface area (Å²) in [7, 11) is 0. The minimum atomic E-state index is 0.689. The molecule has 9 aromatic rings. The van der Waals surface area contributed by atoms with E-state index in [1.54, 1.807) is 0 Å². The van der Waals surface area contributed by atoms with Crippen molar-refractivity contribution in [1.29, 1.82) is 0 Å². The molecule has 3 nitrogen and oxygen atoms in total. The summed E-state index contributed by atoms with van der Waals surface area (Å²) in [6.45, 7) is 0. The second-order valence-electron chi connectivity index (χ2n) is 12.5. The summed E-state index contributed by atoms with van der Waals surface area (Å²) in [5.41, 5.74) is 11.6. The molecule has 0 unspecified atom stereocenters. The maximum atomic E-state index is 5.23. The number of hydrogen-bond donors (Lipinski definition) is 0. The third kappa shape index (κ3) is 5.61. The SMILES string of the molecule is c1ccc(-c2ccc(-c3cc(-c4cc(-c5cccnc5)cc(-c5c6ccccc6cc6ccccc56)c4)nc(-c4ccccc4)n3)cc2)cc1. The number of benzene rings is 7. The Kier molecular flexibility index (Phi) is 7.49. The Balaban J connectivity index is 1.28. The van der Waals surface area contributed by atoms with E-state index in [1.165, 1.54) is 38.2 Å². The van der Waals surface area contributed by atoms with Gasteiger partial charge in [0.2, 0.25) is 0 Å². The Bertz CT molecular complexity index is 2560. The lowest BCUT2D eigenvalue weighted by Gasteiger charge is -2.16. The average Bonchev–Trinajstić information content (AvgIpc) is 3.20. The summed E-state index contributed by atoms with van der Waals surface area (Å²) in [5.74, 6) is 0.689. The average molecular weight is 638 g/mol. The van der Waals surface area contributed by atoms with Gasteiger partial charge in [-0.15, -0.1) is 0 Å². The van der Waals surface area contributed by atoms with Gasteiger partial charge in [0.15, 0.2) is 5.82 Å². The largest absolute Gasteiger partial charge is 0.264 e. The minimum absolute atomic E-state index is 0.689. The molecule has 2 aromatic heterocycles. The van der Waals surface area contributed by atoms with Crippen molar-refractivity contribution in [2.75, 3.05) is 0 Å². The van der Waals surface area contributed by atoms with Gasteiger partial charge in [-0.3, -0.25) is 4.98 Å². The molecular weight excluding hydrogens is 607 g/mol. The Morgan fingerprint density at radius 1 is 0.320 bits per heavy atom. The van der Waals surface area contributed by atoms with E-state index in [1.807, 2.05) is 42.7 Å². The van der Waals surface area contributed by atoms with Crippen LogP contribution < -0.4 is 0 Å². The standard InChI is InChI=1S/C47H31N3/c1-3-12-32(13-4-1)33-21-23-34(24-22-33)44-30-45(50-47(49-44)35-14-5-2-6-15-35)40-27-39(38-18-11-25-48-31-38)28-41(29-40)46-42-19-9-7-16-36(42)26-37-17-8-10-20-43(37)46/h1-31H. The van der Waals surface area contributed by atoms with E-state index in [0.29, 0.717) is 5.82 Å². The van der Waals surface area contributed by atoms with E-state index >= 15 is 0 Å². The maximum Gasteiger partial charge on any atom is 0.160 e. The lowest BCUT2D eigenvalue weighted by molar-refractivity contribution is 1.18. The van der Waals surface area contributed by atoms with Crippen LogP contribution in [0.5, 0.6) is 0 Å². The molecular formula is C47H31N3. The van der Waals surface area contributed by atoms with E-state index in [4.69, 9.17) is 9.97 Å². The van der Waals surface area contributed by atoms with Crippen LogP contribution in [-0.4, -0.2) is 15.0 Å². The molecule has 0 aliphatic carbocycles. The predicted octanol–water partition coefficient (Wildman–Crippen LogP) is 12.2. The molecule has 0 fully saturated rings. The molecule has 0 atom stereocenters. The van der Waals surface area contributed by atoms with Crippen LogP contribution in [0, 0.1) is 0 Å². The quantitative estimate of drug-likeness (QED) is 0.170. The number of fused-ring (bicyclic) bond motifs is 2. The van der Waals surface area contributed by atoms with Crippen LogP contribution in [0.15, 0.2) is 188 Å². The fraction of sp³-hybridized carbons (Fsp3) is 0. The fourth-order valence-electron chi connectivity index (χ4n) is 6.87. The van der Waals surface area contributed by atoms with Gasteiger partial charge in [0.1, 0.15) is 0 Å². The third-order valence-electron chi connectivity index (χ3n) is 9.33. The van der Waals surface area contributed by atoms with Gasteiger partial charge < -0.3 is 0 Å². The second kappa shape index (κ2) is 12.7. The molecule has 50 heavy (non-hydrogen) atoms. The highest BCUT2D eigenvalue weighted by Crippen LogP contribution is 2.40. The Labute approximate surface area is 291 Å². The monoisotopic (exact) mass is 637 g/mol. The van der Waals surface area contributed by atoms with Gasteiger partial charge >= 0.3 is 0 Å². The first-order valence-corrected chi connectivity index (χ1v) is 16.8. The number of nitrogens with zero attached hydrogens (tertiary/aromatic N) is 3. The van der Waals surface area contributed by atoms with Crippen LogP contribution in [-0.2, 0) is 0 Å². The third-order valence-corrected chi connectivity index (χ3v) is 9.33. The normalized spacial score (nSPS) is 11.2. The first kappa shape index (κ1) is 29.4. The topological polar surface area (TPSA) is 38.7 Å². The van der Waals surface area contributed by atoms with Crippen LogP contribution >= 0.6 is 0 Å². The zero-order valence-corrected chi connectivity index (χ0v) is 27.2. The maximum absolute atomic E-state index is 5.23. The van der Waals surface area contributed by atoms with E-state index < -0.39 is 0 Å². The molecule has 0 aliphatic heterocycles. The first-order chi connectivity index (χ1) is 24.8. The van der Waals surface area contributed by atoms with Crippen molar-refractivity contribution in [3.05, 3.63) is 188 Å². The van der Waals surface area contributed by atoms with Crippen LogP contribution in [0.2, 0.25) is 0 Å². The van der Waals surface area contributed by atoms with Gasteiger partial charge in [0.25, 0.3) is 0 Å². The molecule has 0 saturated carbocycles. The minimum Gasteiger partial charge on any atom is -0.264 e. The van der Waals surface area contributed by atoms with E-state index in [-0.39, 0.29) is 0 Å². The molecule has 0 radical (unpaired) electrons. The molecule has 0 bridgehead atoms. The molecule has 234 valence electrons. The highest BCUT2D eigenvalue weighted by molar-refractivity contribution is 6.13. The van der Waals surface area contributed by atoms with Gasteiger partial charge in [0.05, 0.1) is 11.4 Å². The van der Waals surface area contributed by atoms with Crippen molar-refractivity contribution < 1.29 is 0 Å². The van der Waals surface area contributed by atoms with Crippen molar-refractivity contribution in [1.82, 2.24) is 15.0 Å². The summed E-state index contributed by atoms with van der Waals surface area (Å²) >= 11 is 0. The number of pyridine rings is 1. The van der Waals surface area contributed by atoms with Gasteiger partial charge in [-0.25, -0.2) is 9.97 Å². The van der Waals surface area contributed by atoms with Crippen molar-refractivity contribution in [2.45, 2.75) is 0 Å². The molecule has 0 spiro atoms. The summed E-state index contributed by atoms with van der Waals surface area (Å²) in [5, 5.41) is 4.85. The molecule has 9 rings (SSSR count). The molecule has 0 amide bonds. The number of rotatable bonds is 6. The van der Waals surface area contributed by atoms with Gasteiger partial charge in [-0.2, -0.15) is 0 Å². The van der Waals surface area contributed by atoms with Crippen molar-refractivity contribution in [2.24, 2.45) is 0 Å². The summed E-state index contributed by atoms with van der Waals surface area (Å²) < 4.78 is 0. The van der Waals surface area contributed by atoms with Crippen LogP contribution in [0.4, 0.5) is 0 Å². The molecule has 0 N–H and O–H groups in total. The Hall–Kier alpha value is -6.71. The van der Waals surface area contributed by atoms with Gasteiger partial charge in [0, 0.05) is 34.6 Å². The Morgan fingerprint density at radius 2 is 0.840 bits per heavy atom. The number of hydrogen-bond acceptors (Lipinski definition) is 3. The Morgan fingerprint density at radius 3 is 1.50 bits per heavy atom.